The van der Waals surface area contributed by atoms with Crippen molar-refractivity contribution in [3.8, 4) is 17.2 Å². The summed E-state index contributed by atoms with van der Waals surface area (Å²) in [5.41, 5.74) is 1.91. The van der Waals surface area contributed by atoms with Gasteiger partial charge < -0.3 is 24.2 Å². The zero-order chi connectivity index (χ0) is 30.7. The first-order chi connectivity index (χ1) is 20.5. The lowest BCUT2D eigenvalue weighted by Crippen LogP contribution is -2.47. The number of benzene rings is 3. The molecule has 2 N–H and O–H groups in total. The number of anilines is 1. The lowest BCUT2D eigenvalue weighted by molar-refractivity contribution is -0.134. The molecule has 3 atom stereocenters. The van der Waals surface area contributed by atoms with Crippen molar-refractivity contribution < 1.29 is 32.5 Å². The average molecular weight is 630 g/mol. The molecule has 0 unspecified atom stereocenters. The Kier molecular flexibility index (Phi) is 9.36. The lowest BCUT2D eigenvalue weighted by atomic mass is 10.0. The van der Waals surface area contributed by atoms with Crippen molar-refractivity contribution in [2.24, 2.45) is 5.92 Å². The van der Waals surface area contributed by atoms with Crippen LogP contribution in [-0.2, 0) is 27.8 Å². The maximum absolute atomic E-state index is 13.5. The van der Waals surface area contributed by atoms with E-state index in [9.17, 15) is 18.3 Å². The smallest absolute Gasteiger partial charge is 0.261 e. The van der Waals surface area contributed by atoms with Crippen LogP contribution in [0.5, 0.6) is 17.2 Å². The minimum absolute atomic E-state index is 0.0112. The third kappa shape index (κ3) is 7.35. The first-order valence-electron chi connectivity index (χ1n) is 14.1. The number of ether oxygens (including phenoxy) is 3. The molecule has 3 aromatic carbocycles. The fraction of sp³-hybridized carbons (Fsp3) is 0.387. The van der Waals surface area contributed by atoms with Crippen LogP contribution in [0.15, 0.2) is 65.6 Å². The van der Waals surface area contributed by atoms with E-state index < -0.39 is 16.1 Å². The van der Waals surface area contributed by atoms with Gasteiger partial charge in [0.25, 0.3) is 10.0 Å². The van der Waals surface area contributed by atoms with E-state index in [1.54, 1.807) is 23.1 Å². The predicted octanol–water partition coefficient (Wildman–Crippen LogP) is 4.15. The molecular weight excluding hydrogens is 594 g/mol. The van der Waals surface area contributed by atoms with Crippen LogP contribution in [0.3, 0.4) is 0 Å². The Hall–Kier alpha value is -3.51. The highest BCUT2D eigenvalue weighted by Crippen LogP contribution is 2.33. The molecule has 0 aliphatic carbocycles. The van der Waals surface area contributed by atoms with Crippen molar-refractivity contribution in [2.45, 2.75) is 43.9 Å². The molecule has 2 aliphatic heterocycles. The van der Waals surface area contributed by atoms with Crippen molar-refractivity contribution >= 4 is 33.2 Å². The molecule has 0 aromatic heterocycles. The number of amides is 1. The second kappa shape index (κ2) is 13.0. The Bertz CT molecular complexity index is 1570. The number of rotatable bonds is 9. The molecule has 0 spiro atoms. The van der Waals surface area contributed by atoms with E-state index in [0.29, 0.717) is 41.7 Å². The van der Waals surface area contributed by atoms with Crippen LogP contribution < -0.4 is 18.9 Å². The number of nitrogens with zero attached hydrogens (tertiary/aromatic N) is 2. The van der Waals surface area contributed by atoms with Crippen LogP contribution in [0.4, 0.5) is 5.69 Å². The second-order valence-corrected chi connectivity index (χ2v) is 13.3. The quantitative estimate of drug-likeness (QED) is 0.363. The van der Waals surface area contributed by atoms with Gasteiger partial charge in [0.1, 0.15) is 11.9 Å². The molecule has 230 valence electrons. The molecule has 3 aromatic rings. The third-order valence-electron chi connectivity index (χ3n) is 7.67. The molecule has 0 radical (unpaired) electrons. The number of likely N-dealkylation sites (N-methyl/N-ethyl adjacent to an activating group) is 1. The van der Waals surface area contributed by atoms with Crippen LogP contribution in [0.2, 0.25) is 5.02 Å². The van der Waals surface area contributed by atoms with E-state index in [4.69, 9.17) is 25.8 Å². The highest BCUT2D eigenvalue weighted by atomic mass is 35.5. The van der Waals surface area contributed by atoms with Crippen molar-refractivity contribution in [1.82, 2.24) is 9.80 Å². The van der Waals surface area contributed by atoms with Crippen LogP contribution in [0, 0.1) is 5.92 Å². The normalized spacial score (nSPS) is 19.2. The molecule has 2 aliphatic rings. The minimum atomic E-state index is -3.89. The number of hydrogen-bond acceptors (Lipinski definition) is 8. The molecule has 2 heterocycles. The number of nitrogens with one attached hydrogen (secondary N) is 1. The zero-order valence-corrected chi connectivity index (χ0v) is 25.9. The van der Waals surface area contributed by atoms with Gasteiger partial charge in [0.2, 0.25) is 12.7 Å². The van der Waals surface area contributed by atoms with E-state index in [0.717, 1.165) is 17.1 Å². The van der Waals surface area contributed by atoms with Crippen LogP contribution >= 0.6 is 11.6 Å². The Morgan fingerprint density at radius 3 is 2.53 bits per heavy atom. The summed E-state index contributed by atoms with van der Waals surface area (Å²) in [5, 5.41) is 10.3. The summed E-state index contributed by atoms with van der Waals surface area (Å²) in [6.45, 7) is 5.46. The summed E-state index contributed by atoms with van der Waals surface area (Å²) in [6, 6.07) is 16.3. The molecule has 0 fully saturated rings. The monoisotopic (exact) mass is 629 g/mol. The van der Waals surface area contributed by atoms with Gasteiger partial charge in [-0.2, -0.15) is 0 Å². The van der Waals surface area contributed by atoms with Gasteiger partial charge in [0, 0.05) is 41.8 Å². The number of carbonyl (C=O) groups is 1. The van der Waals surface area contributed by atoms with E-state index in [1.165, 1.54) is 24.3 Å². The van der Waals surface area contributed by atoms with Crippen LogP contribution in [0.1, 0.15) is 25.0 Å². The van der Waals surface area contributed by atoms with E-state index in [-0.39, 0.29) is 42.6 Å². The topological polar surface area (TPSA) is 118 Å². The van der Waals surface area contributed by atoms with Crippen LogP contribution in [0.25, 0.3) is 0 Å². The van der Waals surface area contributed by atoms with Gasteiger partial charge >= 0.3 is 0 Å². The van der Waals surface area contributed by atoms with Gasteiger partial charge in [-0.05, 0) is 74.1 Å². The van der Waals surface area contributed by atoms with Crippen molar-refractivity contribution in [3.05, 3.63) is 76.8 Å². The van der Waals surface area contributed by atoms with Gasteiger partial charge in [-0.15, -0.1) is 0 Å². The van der Waals surface area contributed by atoms with Gasteiger partial charge in [-0.25, -0.2) is 8.42 Å². The summed E-state index contributed by atoms with van der Waals surface area (Å²) in [4.78, 5) is 17.4. The van der Waals surface area contributed by atoms with E-state index >= 15 is 0 Å². The SMILES string of the molecule is C[C@H]1CN([C@@H](C)CO)C(=O)Cc2cc(NS(=O)(=O)c3ccc(Cl)cc3)ccc2O[C@@H]1CN(C)Cc1ccc2c(c1)OCO2. The molecule has 12 heteroatoms. The summed E-state index contributed by atoms with van der Waals surface area (Å²) in [5.74, 6) is 1.71. The second-order valence-electron chi connectivity index (χ2n) is 11.2. The van der Waals surface area contributed by atoms with Crippen molar-refractivity contribution in [1.29, 1.82) is 0 Å². The fourth-order valence-corrected chi connectivity index (χ4v) is 6.44. The molecule has 0 bridgehead atoms. The van der Waals surface area contributed by atoms with Crippen molar-refractivity contribution in [2.75, 3.05) is 38.3 Å². The van der Waals surface area contributed by atoms with Gasteiger partial charge in [0.15, 0.2) is 11.5 Å². The first-order valence-corrected chi connectivity index (χ1v) is 15.9. The molecule has 43 heavy (non-hydrogen) atoms. The molecule has 1 amide bonds. The van der Waals surface area contributed by atoms with Crippen LogP contribution in [-0.4, -0.2) is 74.9 Å². The molecule has 0 saturated carbocycles. The lowest BCUT2D eigenvalue weighted by Gasteiger charge is -2.34. The van der Waals surface area contributed by atoms with E-state index in [1.807, 2.05) is 39.1 Å². The Morgan fingerprint density at radius 2 is 1.79 bits per heavy atom. The number of halogens is 1. The summed E-state index contributed by atoms with van der Waals surface area (Å²) in [7, 11) is -1.89. The fourth-order valence-electron chi connectivity index (χ4n) is 5.26. The molecule has 0 saturated heterocycles. The molecule has 10 nitrogen and oxygen atoms in total. The first kappa shape index (κ1) is 30.9. The standard InChI is InChI=1S/C31H36ClN3O7S/c1-20-15-35(21(2)18-36)31(37)14-23-13-25(33-43(38,39)26-8-5-24(32)6-9-26)7-11-27(23)42-30(20)17-34(3)16-22-4-10-28-29(12-22)41-19-40-28/h4-13,20-21,30,33,36H,14-19H2,1-3H3/t20-,21-,30+/m0/s1. The van der Waals surface area contributed by atoms with Crippen molar-refractivity contribution in [3.63, 3.8) is 0 Å². The minimum Gasteiger partial charge on any atom is -0.488 e. The largest absolute Gasteiger partial charge is 0.488 e. The van der Waals surface area contributed by atoms with Gasteiger partial charge in [0.05, 0.1) is 24.0 Å². The average Bonchev–Trinajstić information content (AvgIpc) is 3.45. The van der Waals surface area contributed by atoms with Gasteiger partial charge in [-0.1, -0.05) is 24.6 Å². The summed E-state index contributed by atoms with van der Waals surface area (Å²) >= 11 is 5.92. The highest BCUT2D eigenvalue weighted by molar-refractivity contribution is 7.92. The number of aliphatic hydroxyl groups is 1. The highest BCUT2D eigenvalue weighted by Gasteiger charge is 2.31. The van der Waals surface area contributed by atoms with E-state index in [2.05, 4.69) is 9.62 Å². The molecular formula is C31H36ClN3O7S. The predicted molar refractivity (Wildman–Crippen MR) is 163 cm³/mol. The number of hydrogen-bond donors (Lipinski definition) is 2. The Morgan fingerprint density at radius 1 is 1.07 bits per heavy atom. The maximum Gasteiger partial charge on any atom is 0.261 e. The third-order valence-corrected chi connectivity index (χ3v) is 9.32. The number of sulfonamides is 1. The Balaban J connectivity index is 1.40. The maximum atomic E-state index is 13.5. The molecule has 5 rings (SSSR count). The Labute approximate surface area is 257 Å². The number of aliphatic hydroxyl groups excluding tert-OH is 1. The van der Waals surface area contributed by atoms with Gasteiger partial charge in [-0.3, -0.25) is 14.4 Å². The number of carbonyl (C=O) groups excluding carboxylic acids is 1. The zero-order valence-electron chi connectivity index (χ0n) is 24.3. The summed E-state index contributed by atoms with van der Waals surface area (Å²) in [6.07, 6.45) is -0.323. The number of fused-ring (bicyclic) bond motifs is 2. The summed E-state index contributed by atoms with van der Waals surface area (Å²) < 4.78 is 46.2.